The van der Waals surface area contributed by atoms with E-state index < -0.39 is 47.5 Å². The van der Waals surface area contributed by atoms with Crippen LogP contribution in [-0.2, 0) is 19.1 Å². The normalized spacial score (nSPS) is 31.1. The molecule has 0 aliphatic carbocycles. The fraction of sp³-hybridized carbons (Fsp3) is 0.464. The molecule has 2 N–H and O–H groups in total. The molecular weight excluding hydrogens is 540 g/mol. The predicted molar refractivity (Wildman–Crippen MR) is 142 cm³/mol. The standard InChI is InChI=1S/C28H31BrN2O6/c1-4-11-30(18-10-9-16-7-5-6-8-17(16)12-18)26(34)24-28-13-19(29)23(37-28)21(27(35)36)22(28)25(33)31(24)20(14-32)15(2)3/h4-10,12,15,19-24,32H,1,11,13-14H2,2-3H3,(H,35,36)/t19?,20-,21+,22-,23+,24?,28?/m0/s1. The Bertz CT molecular complexity index is 1270. The first-order valence-corrected chi connectivity index (χ1v) is 13.5. The number of benzene rings is 2. The Morgan fingerprint density at radius 1 is 1.27 bits per heavy atom. The van der Waals surface area contributed by atoms with E-state index in [0.717, 1.165) is 10.8 Å². The maximum atomic E-state index is 14.5. The summed E-state index contributed by atoms with van der Waals surface area (Å²) in [6.45, 7) is 7.41. The fourth-order valence-corrected chi connectivity index (χ4v) is 7.49. The van der Waals surface area contributed by atoms with Crippen molar-refractivity contribution in [2.75, 3.05) is 18.1 Å². The number of carboxylic acids is 1. The lowest BCUT2D eigenvalue weighted by atomic mass is 9.70. The molecule has 37 heavy (non-hydrogen) atoms. The van der Waals surface area contributed by atoms with Crippen molar-refractivity contribution >= 4 is 50.2 Å². The van der Waals surface area contributed by atoms with Crippen molar-refractivity contribution in [1.29, 1.82) is 0 Å². The Morgan fingerprint density at radius 3 is 2.59 bits per heavy atom. The molecule has 1 spiro atoms. The molecule has 9 heteroatoms. The van der Waals surface area contributed by atoms with Crippen LogP contribution >= 0.6 is 15.9 Å². The smallest absolute Gasteiger partial charge is 0.310 e. The van der Waals surface area contributed by atoms with Crippen LogP contribution in [0.5, 0.6) is 0 Å². The fourth-order valence-electron chi connectivity index (χ4n) is 6.55. The number of carboxylic acid groups (broad SMARTS) is 1. The summed E-state index contributed by atoms with van der Waals surface area (Å²) < 4.78 is 6.37. The monoisotopic (exact) mass is 570 g/mol. The molecule has 3 aliphatic heterocycles. The van der Waals surface area contributed by atoms with E-state index in [1.807, 2.05) is 56.3 Å². The van der Waals surface area contributed by atoms with Crippen LogP contribution in [0.4, 0.5) is 5.69 Å². The number of likely N-dealkylation sites (tertiary alicyclic amines) is 1. The molecule has 7 atom stereocenters. The minimum Gasteiger partial charge on any atom is -0.481 e. The number of fused-ring (bicyclic) bond motifs is 2. The number of carbonyl (C=O) groups excluding carboxylic acids is 2. The summed E-state index contributed by atoms with van der Waals surface area (Å²) in [5.41, 5.74) is -0.673. The van der Waals surface area contributed by atoms with E-state index in [-0.39, 0.29) is 29.8 Å². The highest BCUT2D eigenvalue weighted by Gasteiger charge is 2.77. The van der Waals surface area contributed by atoms with Gasteiger partial charge in [-0.05, 0) is 35.2 Å². The lowest BCUT2D eigenvalue weighted by Crippen LogP contribution is -2.60. The van der Waals surface area contributed by atoms with Crippen molar-refractivity contribution in [3.8, 4) is 0 Å². The van der Waals surface area contributed by atoms with Gasteiger partial charge in [0, 0.05) is 17.1 Å². The first-order chi connectivity index (χ1) is 17.7. The molecule has 0 aromatic heterocycles. The number of aliphatic hydroxyl groups excluding tert-OH is 1. The quantitative estimate of drug-likeness (QED) is 0.373. The van der Waals surface area contributed by atoms with Gasteiger partial charge in [0.05, 0.1) is 30.6 Å². The van der Waals surface area contributed by atoms with Gasteiger partial charge in [0.1, 0.15) is 11.6 Å². The topological polar surface area (TPSA) is 107 Å². The van der Waals surface area contributed by atoms with Gasteiger partial charge >= 0.3 is 5.97 Å². The Hall–Kier alpha value is -2.75. The second kappa shape index (κ2) is 9.53. The third kappa shape index (κ3) is 3.82. The lowest BCUT2D eigenvalue weighted by molar-refractivity contribution is -0.151. The molecule has 3 unspecified atom stereocenters. The van der Waals surface area contributed by atoms with E-state index in [4.69, 9.17) is 4.74 Å². The molecule has 0 radical (unpaired) electrons. The highest BCUT2D eigenvalue weighted by molar-refractivity contribution is 9.09. The van der Waals surface area contributed by atoms with Crippen LogP contribution in [0, 0.1) is 17.8 Å². The van der Waals surface area contributed by atoms with Gasteiger partial charge in [0.25, 0.3) is 5.91 Å². The third-order valence-electron chi connectivity index (χ3n) is 8.18. The van der Waals surface area contributed by atoms with Crippen molar-refractivity contribution in [3.63, 3.8) is 0 Å². The van der Waals surface area contributed by atoms with Crippen LogP contribution in [0.1, 0.15) is 20.3 Å². The molecule has 0 saturated carbocycles. The zero-order valence-electron chi connectivity index (χ0n) is 20.8. The van der Waals surface area contributed by atoms with Gasteiger partial charge in [-0.2, -0.15) is 0 Å². The van der Waals surface area contributed by atoms with E-state index in [1.165, 1.54) is 4.90 Å². The van der Waals surface area contributed by atoms with Crippen molar-refractivity contribution in [3.05, 3.63) is 55.1 Å². The first kappa shape index (κ1) is 25.9. The summed E-state index contributed by atoms with van der Waals surface area (Å²) in [6, 6.07) is 11.8. The zero-order valence-corrected chi connectivity index (χ0v) is 22.4. The lowest BCUT2D eigenvalue weighted by Gasteiger charge is -2.40. The van der Waals surface area contributed by atoms with Gasteiger partial charge in [-0.15, -0.1) is 6.58 Å². The number of hydrogen-bond donors (Lipinski definition) is 2. The van der Waals surface area contributed by atoms with Gasteiger partial charge < -0.3 is 24.7 Å². The zero-order chi connectivity index (χ0) is 26.6. The van der Waals surface area contributed by atoms with E-state index >= 15 is 0 Å². The molecule has 2 amide bonds. The third-order valence-corrected chi connectivity index (χ3v) is 9.03. The number of amides is 2. The minimum atomic E-state index is -1.31. The Kier molecular flexibility index (Phi) is 6.66. The number of aliphatic carboxylic acids is 1. The molecule has 2 bridgehead atoms. The Labute approximate surface area is 224 Å². The highest BCUT2D eigenvalue weighted by Crippen LogP contribution is 2.60. The first-order valence-electron chi connectivity index (χ1n) is 12.5. The highest BCUT2D eigenvalue weighted by atomic mass is 79.9. The average molecular weight is 571 g/mol. The maximum absolute atomic E-state index is 14.5. The molecule has 5 rings (SSSR count). The number of ether oxygens (including phenoxy) is 1. The van der Waals surface area contributed by atoms with Gasteiger partial charge in [-0.1, -0.05) is 66.2 Å². The van der Waals surface area contributed by atoms with Crippen LogP contribution in [-0.4, -0.2) is 74.7 Å². The van der Waals surface area contributed by atoms with E-state index in [0.29, 0.717) is 12.1 Å². The Morgan fingerprint density at radius 2 is 1.97 bits per heavy atom. The SMILES string of the molecule is C=CCN(C(=O)C1N([C@@H](CO)C(C)C)C(=O)[C@@H]2[C@@H](C(=O)O)[C@@H]3OC12CC3Br)c1ccc2ccccc2c1. The largest absolute Gasteiger partial charge is 0.481 e. The number of alkyl halides is 1. The van der Waals surface area contributed by atoms with Gasteiger partial charge in [0.15, 0.2) is 0 Å². The number of rotatable bonds is 8. The second-order valence-corrected chi connectivity index (χ2v) is 11.7. The molecule has 8 nitrogen and oxygen atoms in total. The van der Waals surface area contributed by atoms with Crippen LogP contribution in [0.3, 0.4) is 0 Å². The van der Waals surface area contributed by atoms with E-state index in [2.05, 4.69) is 22.5 Å². The molecule has 3 aliphatic rings. The van der Waals surface area contributed by atoms with Gasteiger partial charge in [-0.25, -0.2) is 0 Å². The summed E-state index contributed by atoms with van der Waals surface area (Å²) in [7, 11) is 0. The number of carbonyl (C=O) groups is 3. The minimum absolute atomic E-state index is 0.173. The van der Waals surface area contributed by atoms with Crippen molar-refractivity contribution in [2.24, 2.45) is 17.8 Å². The molecule has 3 fully saturated rings. The summed E-state index contributed by atoms with van der Waals surface area (Å²) in [5.74, 6) is -4.20. The molecule has 2 aromatic carbocycles. The van der Waals surface area contributed by atoms with Crippen LogP contribution < -0.4 is 4.90 Å². The van der Waals surface area contributed by atoms with E-state index in [9.17, 15) is 24.6 Å². The molecule has 2 aromatic rings. The Balaban J connectivity index is 1.65. The number of hydrogen-bond acceptors (Lipinski definition) is 5. The number of aliphatic hydroxyl groups is 1. The van der Waals surface area contributed by atoms with Crippen LogP contribution in [0.15, 0.2) is 55.1 Å². The molecule has 3 saturated heterocycles. The van der Waals surface area contributed by atoms with Crippen molar-refractivity contribution < 1.29 is 29.3 Å². The van der Waals surface area contributed by atoms with E-state index in [1.54, 1.807) is 11.0 Å². The van der Waals surface area contributed by atoms with Crippen molar-refractivity contribution in [2.45, 2.75) is 48.9 Å². The van der Waals surface area contributed by atoms with Gasteiger partial charge in [0.2, 0.25) is 5.91 Å². The summed E-state index contributed by atoms with van der Waals surface area (Å²) in [6.07, 6.45) is 1.22. The molecule has 3 heterocycles. The predicted octanol–water partition coefficient (Wildman–Crippen LogP) is 3.21. The molecule has 196 valence electrons. The number of halogens is 1. The van der Waals surface area contributed by atoms with Crippen molar-refractivity contribution in [1.82, 2.24) is 4.90 Å². The number of nitrogens with zero attached hydrogens (tertiary/aromatic N) is 2. The van der Waals surface area contributed by atoms with Crippen LogP contribution in [0.25, 0.3) is 10.8 Å². The molecular formula is C28H31BrN2O6. The summed E-state index contributed by atoms with van der Waals surface area (Å²) >= 11 is 3.57. The van der Waals surface area contributed by atoms with Crippen LogP contribution in [0.2, 0.25) is 0 Å². The average Bonchev–Trinajstić information content (AvgIpc) is 3.46. The summed E-state index contributed by atoms with van der Waals surface area (Å²) in [5, 5.41) is 22.4. The number of anilines is 1. The van der Waals surface area contributed by atoms with Gasteiger partial charge in [-0.3, -0.25) is 14.4 Å². The summed E-state index contributed by atoms with van der Waals surface area (Å²) in [4.78, 5) is 43.5. The maximum Gasteiger partial charge on any atom is 0.310 e. The second-order valence-electron chi connectivity index (χ2n) is 10.5.